The molecule has 1 aromatic carbocycles. The SMILES string of the molecule is CCn1ccnc1CC(N)c1ccc2nccnc2c1. The van der Waals surface area contributed by atoms with Crippen molar-refractivity contribution in [3.63, 3.8) is 0 Å². The van der Waals surface area contributed by atoms with E-state index < -0.39 is 0 Å². The van der Waals surface area contributed by atoms with Crippen molar-refractivity contribution in [2.75, 3.05) is 0 Å². The van der Waals surface area contributed by atoms with Gasteiger partial charge in [-0.2, -0.15) is 0 Å². The highest BCUT2D eigenvalue weighted by Crippen LogP contribution is 2.19. The van der Waals surface area contributed by atoms with E-state index in [2.05, 4.69) is 26.4 Å². The molecule has 0 spiro atoms. The Hall–Kier alpha value is -2.27. The molecule has 0 bridgehead atoms. The van der Waals surface area contributed by atoms with Gasteiger partial charge in [-0.3, -0.25) is 9.97 Å². The number of rotatable bonds is 4. The van der Waals surface area contributed by atoms with Crippen LogP contribution in [0.25, 0.3) is 11.0 Å². The molecule has 0 amide bonds. The molecular formula is C15H17N5. The van der Waals surface area contributed by atoms with Gasteiger partial charge in [0, 0.05) is 43.8 Å². The van der Waals surface area contributed by atoms with Gasteiger partial charge in [0.1, 0.15) is 5.82 Å². The number of benzene rings is 1. The predicted molar refractivity (Wildman–Crippen MR) is 78.1 cm³/mol. The predicted octanol–water partition coefficient (Wildman–Crippen LogP) is 2.09. The summed E-state index contributed by atoms with van der Waals surface area (Å²) in [6, 6.07) is 5.89. The fourth-order valence-corrected chi connectivity index (χ4v) is 2.34. The molecule has 5 heteroatoms. The smallest absolute Gasteiger partial charge is 0.110 e. The number of aryl methyl sites for hydroxylation is 1. The van der Waals surface area contributed by atoms with Crippen LogP contribution < -0.4 is 5.73 Å². The van der Waals surface area contributed by atoms with E-state index in [1.54, 1.807) is 12.4 Å². The van der Waals surface area contributed by atoms with Crippen LogP contribution in [0.15, 0.2) is 43.0 Å². The van der Waals surface area contributed by atoms with Crippen LogP contribution in [0.4, 0.5) is 0 Å². The third-order valence-corrected chi connectivity index (χ3v) is 3.47. The van der Waals surface area contributed by atoms with Gasteiger partial charge < -0.3 is 10.3 Å². The average molecular weight is 267 g/mol. The third-order valence-electron chi connectivity index (χ3n) is 3.47. The van der Waals surface area contributed by atoms with E-state index in [0.29, 0.717) is 6.42 Å². The molecule has 0 aliphatic carbocycles. The lowest BCUT2D eigenvalue weighted by Gasteiger charge is -2.13. The normalized spacial score (nSPS) is 12.7. The highest BCUT2D eigenvalue weighted by atomic mass is 15.1. The van der Waals surface area contributed by atoms with Gasteiger partial charge in [0.05, 0.1) is 11.0 Å². The number of hydrogen-bond donors (Lipinski definition) is 1. The minimum Gasteiger partial charge on any atom is -0.335 e. The molecule has 102 valence electrons. The van der Waals surface area contributed by atoms with Gasteiger partial charge in [0.15, 0.2) is 0 Å². The van der Waals surface area contributed by atoms with Crippen LogP contribution in [0.2, 0.25) is 0 Å². The van der Waals surface area contributed by atoms with Gasteiger partial charge in [-0.25, -0.2) is 4.98 Å². The number of nitrogens with two attached hydrogens (primary N) is 1. The van der Waals surface area contributed by atoms with Crippen molar-refractivity contribution in [2.24, 2.45) is 5.73 Å². The molecule has 3 aromatic rings. The van der Waals surface area contributed by atoms with E-state index in [1.807, 2.05) is 30.6 Å². The third kappa shape index (κ3) is 2.40. The molecule has 0 fully saturated rings. The summed E-state index contributed by atoms with van der Waals surface area (Å²) >= 11 is 0. The zero-order valence-electron chi connectivity index (χ0n) is 11.4. The number of hydrogen-bond acceptors (Lipinski definition) is 4. The second-order valence-corrected chi connectivity index (χ2v) is 4.74. The summed E-state index contributed by atoms with van der Waals surface area (Å²) in [5.74, 6) is 1.01. The molecule has 2 heterocycles. The van der Waals surface area contributed by atoms with Crippen LogP contribution in [0.5, 0.6) is 0 Å². The molecule has 1 unspecified atom stereocenters. The first kappa shape index (κ1) is 12.7. The van der Waals surface area contributed by atoms with Gasteiger partial charge in [0.2, 0.25) is 0 Å². The van der Waals surface area contributed by atoms with Crippen molar-refractivity contribution in [1.29, 1.82) is 0 Å². The lowest BCUT2D eigenvalue weighted by Crippen LogP contribution is -2.16. The maximum absolute atomic E-state index is 6.30. The largest absolute Gasteiger partial charge is 0.335 e. The molecule has 0 aliphatic heterocycles. The van der Waals surface area contributed by atoms with Crippen LogP contribution in [0.1, 0.15) is 24.4 Å². The molecule has 2 N–H and O–H groups in total. The Balaban J connectivity index is 1.86. The van der Waals surface area contributed by atoms with Gasteiger partial charge in [-0.1, -0.05) is 6.07 Å². The van der Waals surface area contributed by atoms with Crippen molar-refractivity contribution < 1.29 is 0 Å². The van der Waals surface area contributed by atoms with Crippen molar-refractivity contribution >= 4 is 11.0 Å². The maximum atomic E-state index is 6.30. The van der Waals surface area contributed by atoms with Crippen LogP contribution in [0, 0.1) is 0 Å². The second kappa shape index (κ2) is 5.38. The van der Waals surface area contributed by atoms with E-state index in [-0.39, 0.29) is 6.04 Å². The quantitative estimate of drug-likeness (QED) is 0.785. The van der Waals surface area contributed by atoms with Crippen LogP contribution in [-0.2, 0) is 13.0 Å². The minimum atomic E-state index is -0.0888. The fourth-order valence-electron chi connectivity index (χ4n) is 2.34. The highest BCUT2D eigenvalue weighted by molar-refractivity contribution is 5.74. The zero-order chi connectivity index (χ0) is 13.9. The van der Waals surface area contributed by atoms with Gasteiger partial charge >= 0.3 is 0 Å². The van der Waals surface area contributed by atoms with Crippen molar-refractivity contribution in [3.8, 4) is 0 Å². The molecule has 5 nitrogen and oxygen atoms in total. The number of imidazole rings is 1. The molecule has 0 aliphatic rings. The maximum Gasteiger partial charge on any atom is 0.110 e. The summed E-state index contributed by atoms with van der Waals surface area (Å²) in [4.78, 5) is 13.0. The standard InChI is InChI=1S/C15H17N5/c1-2-20-8-7-19-15(20)10-12(16)11-3-4-13-14(9-11)18-6-5-17-13/h3-9,12H,2,10,16H2,1H3. The van der Waals surface area contributed by atoms with E-state index in [1.165, 1.54) is 0 Å². The molecule has 1 atom stereocenters. The molecule has 2 aromatic heterocycles. The first-order valence-electron chi connectivity index (χ1n) is 6.74. The Kier molecular flexibility index (Phi) is 3.43. The van der Waals surface area contributed by atoms with Crippen molar-refractivity contribution in [2.45, 2.75) is 25.9 Å². The van der Waals surface area contributed by atoms with Crippen LogP contribution >= 0.6 is 0 Å². The number of aromatic nitrogens is 4. The van der Waals surface area contributed by atoms with E-state index in [4.69, 9.17) is 5.73 Å². The fraction of sp³-hybridized carbons (Fsp3) is 0.267. The Morgan fingerprint density at radius 1 is 1.10 bits per heavy atom. The molecule has 0 saturated heterocycles. The summed E-state index contributed by atoms with van der Waals surface area (Å²) in [7, 11) is 0. The summed E-state index contributed by atoms with van der Waals surface area (Å²) in [5.41, 5.74) is 9.12. The van der Waals surface area contributed by atoms with E-state index >= 15 is 0 Å². The summed E-state index contributed by atoms with van der Waals surface area (Å²) in [6.45, 7) is 3.01. The highest BCUT2D eigenvalue weighted by Gasteiger charge is 2.11. The minimum absolute atomic E-state index is 0.0888. The second-order valence-electron chi connectivity index (χ2n) is 4.74. The lowest BCUT2D eigenvalue weighted by molar-refractivity contribution is 0.628. The molecular weight excluding hydrogens is 250 g/mol. The van der Waals surface area contributed by atoms with Gasteiger partial charge in [-0.05, 0) is 24.6 Å². The Labute approximate surface area is 117 Å². The van der Waals surface area contributed by atoms with Crippen molar-refractivity contribution in [1.82, 2.24) is 19.5 Å². The topological polar surface area (TPSA) is 69.6 Å². The Bertz CT molecular complexity index is 719. The average Bonchev–Trinajstić information content (AvgIpc) is 2.94. The molecule has 0 radical (unpaired) electrons. The monoisotopic (exact) mass is 267 g/mol. The lowest BCUT2D eigenvalue weighted by atomic mass is 10.0. The molecule has 3 rings (SSSR count). The van der Waals surface area contributed by atoms with Gasteiger partial charge in [0.25, 0.3) is 0 Å². The van der Waals surface area contributed by atoms with E-state index in [9.17, 15) is 0 Å². The molecule has 0 saturated carbocycles. The summed E-state index contributed by atoms with van der Waals surface area (Å²) < 4.78 is 2.11. The first-order chi connectivity index (χ1) is 9.78. The Morgan fingerprint density at radius 2 is 1.90 bits per heavy atom. The summed E-state index contributed by atoms with van der Waals surface area (Å²) in [5, 5.41) is 0. The number of nitrogens with zero attached hydrogens (tertiary/aromatic N) is 4. The summed E-state index contributed by atoms with van der Waals surface area (Å²) in [6.07, 6.45) is 7.90. The van der Waals surface area contributed by atoms with Crippen LogP contribution in [0.3, 0.4) is 0 Å². The van der Waals surface area contributed by atoms with Gasteiger partial charge in [-0.15, -0.1) is 0 Å². The first-order valence-corrected chi connectivity index (χ1v) is 6.74. The van der Waals surface area contributed by atoms with Crippen LogP contribution in [-0.4, -0.2) is 19.5 Å². The van der Waals surface area contributed by atoms with E-state index in [0.717, 1.165) is 29.0 Å². The number of fused-ring (bicyclic) bond motifs is 1. The van der Waals surface area contributed by atoms with Crippen molar-refractivity contribution in [3.05, 3.63) is 54.4 Å². The zero-order valence-corrected chi connectivity index (χ0v) is 11.4. The Morgan fingerprint density at radius 3 is 2.70 bits per heavy atom. The molecule has 20 heavy (non-hydrogen) atoms.